The Bertz CT molecular complexity index is 653. The number of hydrogen-bond acceptors (Lipinski definition) is 7. The molecule has 0 radical (unpaired) electrons. The molecule has 0 unspecified atom stereocenters. The molecule has 0 aliphatic rings. The van der Waals surface area contributed by atoms with Gasteiger partial charge in [-0.15, -0.1) is 10.2 Å². The number of aromatic hydroxyl groups is 1. The Morgan fingerprint density at radius 1 is 1.53 bits per heavy atom. The molecule has 1 aromatic carbocycles. The van der Waals surface area contributed by atoms with Crippen molar-refractivity contribution in [3.05, 3.63) is 40.3 Å². The number of aromatic nitrogens is 3. The Hall–Kier alpha value is -2.90. The molecule has 1 heterocycles. The van der Waals surface area contributed by atoms with Crippen molar-refractivity contribution in [2.24, 2.45) is 5.10 Å². The van der Waals surface area contributed by atoms with Crippen molar-refractivity contribution in [3.63, 3.8) is 0 Å². The monoisotopic (exact) mass is 261 g/mol. The Balaban J connectivity index is 2.07. The van der Waals surface area contributed by atoms with E-state index < -0.39 is 0 Å². The van der Waals surface area contributed by atoms with Gasteiger partial charge in [0.25, 0.3) is 5.56 Å². The largest absolute Gasteiger partial charge is 0.504 e. The standard InChI is InChI=1S/C11H11N5O3/c1-19-9-3-2-7(4-8(9)17)5-12-15-11-14-10(18)6-13-16-11/h2-6,17H,1H3,(H2,14,15,16,18)/b12-5+. The summed E-state index contributed by atoms with van der Waals surface area (Å²) in [5.74, 6) is 0.518. The van der Waals surface area contributed by atoms with E-state index >= 15 is 0 Å². The van der Waals surface area contributed by atoms with Gasteiger partial charge in [-0.2, -0.15) is 5.10 Å². The van der Waals surface area contributed by atoms with E-state index in [2.05, 4.69) is 25.7 Å². The number of hydrogen-bond donors (Lipinski definition) is 3. The smallest absolute Gasteiger partial charge is 0.271 e. The van der Waals surface area contributed by atoms with Gasteiger partial charge in [0.15, 0.2) is 11.5 Å². The molecule has 2 rings (SSSR count). The second-order valence-corrected chi connectivity index (χ2v) is 3.48. The van der Waals surface area contributed by atoms with Crippen LogP contribution in [0.2, 0.25) is 0 Å². The molecule has 98 valence electrons. The highest BCUT2D eigenvalue weighted by atomic mass is 16.5. The van der Waals surface area contributed by atoms with E-state index in [1.807, 2.05) is 0 Å². The number of benzene rings is 1. The minimum Gasteiger partial charge on any atom is -0.504 e. The molecule has 0 atom stereocenters. The molecule has 0 saturated carbocycles. The van der Waals surface area contributed by atoms with Crippen LogP contribution in [0, 0.1) is 0 Å². The Kier molecular flexibility index (Phi) is 3.72. The Morgan fingerprint density at radius 2 is 2.37 bits per heavy atom. The molecular weight excluding hydrogens is 250 g/mol. The maximum atomic E-state index is 10.9. The van der Waals surface area contributed by atoms with Crippen LogP contribution in [0.5, 0.6) is 11.5 Å². The second kappa shape index (κ2) is 5.63. The fourth-order valence-electron chi connectivity index (χ4n) is 1.32. The van der Waals surface area contributed by atoms with Gasteiger partial charge in [-0.25, -0.2) is 5.43 Å². The van der Waals surface area contributed by atoms with Crippen LogP contribution in [0.25, 0.3) is 0 Å². The highest BCUT2D eigenvalue weighted by molar-refractivity contribution is 5.81. The van der Waals surface area contributed by atoms with E-state index in [1.165, 1.54) is 19.4 Å². The van der Waals surface area contributed by atoms with Crippen LogP contribution < -0.4 is 15.7 Å². The lowest BCUT2D eigenvalue weighted by atomic mass is 10.2. The number of hydrazone groups is 1. The number of anilines is 1. The van der Waals surface area contributed by atoms with Crippen LogP contribution in [0.4, 0.5) is 5.95 Å². The van der Waals surface area contributed by atoms with Gasteiger partial charge in [-0.1, -0.05) is 0 Å². The normalized spacial score (nSPS) is 10.6. The van der Waals surface area contributed by atoms with Crippen LogP contribution in [-0.2, 0) is 0 Å². The summed E-state index contributed by atoms with van der Waals surface area (Å²) >= 11 is 0. The predicted molar refractivity (Wildman–Crippen MR) is 68.5 cm³/mol. The molecule has 3 N–H and O–H groups in total. The zero-order valence-corrected chi connectivity index (χ0v) is 9.99. The van der Waals surface area contributed by atoms with Crippen molar-refractivity contribution in [1.29, 1.82) is 0 Å². The lowest BCUT2D eigenvalue weighted by Crippen LogP contribution is -2.10. The first kappa shape index (κ1) is 12.6. The number of rotatable bonds is 4. The van der Waals surface area contributed by atoms with Gasteiger partial charge < -0.3 is 9.84 Å². The minimum absolute atomic E-state index is 0.0133. The molecule has 0 aliphatic heterocycles. The fraction of sp³-hybridized carbons (Fsp3) is 0.0909. The summed E-state index contributed by atoms with van der Waals surface area (Å²) < 4.78 is 4.92. The number of H-pyrrole nitrogens is 1. The first-order chi connectivity index (χ1) is 9.19. The quantitative estimate of drug-likeness (QED) is 0.540. The molecule has 8 nitrogen and oxygen atoms in total. The van der Waals surface area contributed by atoms with Crippen molar-refractivity contribution < 1.29 is 9.84 Å². The highest BCUT2D eigenvalue weighted by Gasteiger charge is 2.00. The molecule has 19 heavy (non-hydrogen) atoms. The maximum absolute atomic E-state index is 10.9. The van der Waals surface area contributed by atoms with E-state index in [4.69, 9.17) is 4.74 Å². The summed E-state index contributed by atoms with van der Waals surface area (Å²) in [7, 11) is 1.47. The van der Waals surface area contributed by atoms with Crippen molar-refractivity contribution in [2.75, 3.05) is 12.5 Å². The van der Waals surface area contributed by atoms with E-state index in [1.54, 1.807) is 12.1 Å². The lowest BCUT2D eigenvalue weighted by Gasteiger charge is -2.03. The van der Waals surface area contributed by atoms with Gasteiger partial charge in [0.05, 0.1) is 13.3 Å². The summed E-state index contributed by atoms with van der Waals surface area (Å²) in [6.07, 6.45) is 2.50. The summed E-state index contributed by atoms with van der Waals surface area (Å²) in [5, 5.41) is 20.5. The van der Waals surface area contributed by atoms with Gasteiger partial charge in [0, 0.05) is 0 Å². The number of aromatic amines is 1. The first-order valence-corrected chi connectivity index (χ1v) is 5.27. The molecule has 0 saturated heterocycles. The van der Waals surface area contributed by atoms with Gasteiger partial charge in [0.1, 0.15) is 6.20 Å². The third-order valence-electron chi connectivity index (χ3n) is 2.16. The third kappa shape index (κ3) is 3.28. The number of phenolic OH excluding ortho intramolecular Hbond substituents is 1. The van der Waals surface area contributed by atoms with Gasteiger partial charge >= 0.3 is 0 Å². The van der Waals surface area contributed by atoms with Crippen LogP contribution in [0.3, 0.4) is 0 Å². The van der Waals surface area contributed by atoms with E-state index in [0.717, 1.165) is 6.20 Å². The first-order valence-electron chi connectivity index (χ1n) is 5.27. The zero-order valence-electron chi connectivity index (χ0n) is 9.99. The predicted octanol–water partition coefficient (Wildman–Crippen LogP) is 0.325. The molecule has 1 aromatic heterocycles. The minimum atomic E-state index is -0.380. The molecule has 0 aliphatic carbocycles. The molecule has 8 heteroatoms. The number of phenols is 1. The highest BCUT2D eigenvalue weighted by Crippen LogP contribution is 2.25. The lowest BCUT2D eigenvalue weighted by molar-refractivity contribution is 0.373. The van der Waals surface area contributed by atoms with Gasteiger partial charge in [-0.3, -0.25) is 9.78 Å². The Labute approximate surface area is 107 Å². The summed E-state index contributed by atoms with van der Waals surface area (Å²) in [6, 6.07) is 4.81. The second-order valence-electron chi connectivity index (χ2n) is 3.48. The van der Waals surface area contributed by atoms with Gasteiger partial charge in [-0.05, 0) is 23.8 Å². The van der Waals surface area contributed by atoms with Gasteiger partial charge in [0.2, 0.25) is 5.95 Å². The molecule has 0 spiro atoms. The van der Waals surface area contributed by atoms with Crippen LogP contribution in [0.15, 0.2) is 34.3 Å². The van der Waals surface area contributed by atoms with Crippen molar-refractivity contribution in [2.45, 2.75) is 0 Å². The van der Waals surface area contributed by atoms with Crippen molar-refractivity contribution in [3.8, 4) is 11.5 Å². The molecule has 0 bridgehead atoms. The van der Waals surface area contributed by atoms with E-state index in [-0.39, 0.29) is 17.3 Å². The molecular formula is C11H11N5O3. The Morgan fingerprint density at radius 3 is 3.05 bits per heavy atom. The molecule has 0 fully saturated rings. The summed E-state index contributed by atoms with van der Waals surface area (Å²) in [5.41, 5.74) is 2.78. The maximum Gasteiger partial charge on any atom is 0.271 e. The average Bonchev–Trinajstić information content (AvgIpc) is 2.39. The van der Waals surface area contributed by atoms with Crippen molar-refractivity contribution >= 4 is 12.2 Å². The SMILES string of the molecule is COc1ccc(/C=N/Nc2nncc(=O)[nH]2)cc1O. The van der Waals surface area contributed by atoms with Crippen LogP contribution in [-0.4, -0.2) is 33.6 Å². The molecule has 2 aromatic rings. The molecule has 0 amide bonds. The number of methoxy groups -OCH3 is 1. The van der Waals surface area contributed by atoms with E-state index in [9.17, 15) is 9.90 Å². The number of ether oxygens (including phenoxy) is 1. The number of nitrogens with zero attached hydrogens (tertiary/aromatic N) is 3. The fourth-order valence-corrected chi connectivity index (χ4v) is 1.32. The zero-order chi connectivity index (χ0) is 13.7. The van der Waals surface area contributed by atoms with Crippen LogP contribution in [0.1, 0.15) is 5.56 Å². The third-order valence-corrected chi connectivity index (χ3v) is 2.16. The summed E-state index contributed by atoms with van der Waals surface area (Å²) in [6.45, 7) is 0. The number of nitrogens with one attached hydrogen (secondary N) is 2. The summed E-state index contributed by atoms with van der Waals surface area (Å²) in [4.78, 5) is 13.3. The van der Waals surface area contributed by atoms with Crippen LogP contribution >= 0.6 is 0 Å². The van der Waals surface area contributed by atoms with E-state index in [0.29, 0.717) is 11.3 Å². The topological polar surface area (TPSA) is 112 Å². The van der Waals surface area contributed by atoms with Crippen molar-refractivity contribution in [1.82, 2.24) is 15.2 Å². The average molecular weight is 261 g/mol.